The van der Waals surface area contributed by atoms with Crippen molar-refractivity contribution in [3.8, 4) is 0 Å². The number of thioether (sulfide) groups is 1. The third-order valence-electron chi connectivity index (χ3n) is 2.87. The van der Waals surface area contributed by atoms with Gasteiger partial charge in [-0.2, -0.15) is 0 Å². The fourth-order valence-electron chi connectivity index (χ4n) is 1.77. The molecular formula is C16H21NOS. The van der Waals surface area contributed by atoms with Crippen molar-refractivity contribution in [2.75, 3.05) is 0 Å². The third-order valence-corrected chi connectivity index (χ3v) is 4.06. The number of hydrogen-bond acceptors (Lipinski definition) is 3. The average molecular weight is 275 g/mol. The normalized spacial score (nSPS) is 11.2. The van der Waals surface area contributed by atoms with Gasteiger partial charge in [0, 0.05) is 10.9 Å². The largest absolute Gasteiger partial charge is 0.464 e. The van der Waals surface area contributed by atoms with Gasteiger partial charge in [-0.25, -0.2) is 0 Å². The maximum absolute atomic E-state index is 5.81. The highest BCUT2D eigenvalue weighted by Gasteiger charge is 2.04. The van der Waals surface area contributed by atoms with Crippen LogP contribution in [0.2, 0.25) is 0 Å². The standard InChI is InChI=1S/C16H21NOS/c1-12(2)17-10-14-8-9-15(18-14)11-19-16-7-5-4-6-13(16)3/h4-9,12,17H,10-11H2,1-3H3. The monoisotopic (exact) mass is 275 g/mol. The summed E-state index contributed by atoms with van der Waals surface area (Å²) in [5, 5.41) is 3.36. The second-order valence-electron chi connectivity index (χ2n) is 4.96. The highest BCUT2D eigenvalue weighted by atomic mass is 32.2. The van der Waals surface area contributed by atoms with Crippen LogP contribution in [-0.2, 0) is 12.3 Å². The van der Waals surface area contributed by atoms with E-state index in [1.165, 1.54) is 10.5 Å². The van der Waals surface area contributed by atoms with E-state index in [2.05, 4.69) is 62.5 Å². The maximum Gasteiger partial charge on any atom is 0.118 e. The second-order valence-corrected chi connectivity index (χ2v) is 5.97. The van der Waals surface area contributed by atoms with E-state index in [1.807, 2.05) is 11.8 Å². The van der Waals surface area contributed by atoms with Crippen LogP contribution in [0.1, 0.15) is 30.9 Å². The predicted molar refractivity (Wildman–Crippen MR) is 81.4 cm³/mol. The molecule has 0 aliphatic carbocycles. The van der Waals surface area contributed by atoms with E-state index in [-0.39, 0.29) is 0 Å². The van der Waals surface area contributed by atoms with Crippen LogP contribution in [-0.4, -0.2) is 6.04 Å². The Morgan fingerprint density at radius 1 is 1.11 bits per heavy atom. The molecule has 0 atom stereocenters. The summed E-state index contributed by atoms with van der Waals surface area (Å²) in [7, 11) is 0. The van der Waals surface area contributed by atoms with Crippen LogP contribution in [0, 0.1) is 6.92 Å². The van der Waals surface area contributed by atoms with Crippen LogP contribution in [0.5, 0.6) is 0 Å². The molecule has 1 aromatic carbocycles. The first kappa shape index (κ1) is 14.2. The topological polar surface area (TPSA) is 25.2 Å². The molecular weight excluding hydrogens is 254 g/mol. The van der Waals surface area contributed by atoms with Gasteiger partial charge in [0.1, 0.15) is 11.5 Å². The van der Waals surface area contributed by atoms with Gasteiger partial charge in [0.2, 0.25) is 0 Å². The van der Waals surface area contributed by atoms with Gasteiger partial charge in [-0.15, -0.1) is 11.8 Å². The molecule has 0 spiro atoms. The SMILES string of the molecule is Cc1ccccc1SCc1ccc(CNC(C)C)o1. The fraction of sp³-hybridized carbons (Fsp3) is 0.375. The minimum absolute atomic E-state index is 0.481. The van der Waals surface area contributed by atoms with Crippen LogP contribution >= 0.6 is 11.8 Å². The Morgan fingerprint density at radius 2 is 1.84 bits per heavy atom. The molecule has 1 N–H and O–H groups in total. The molecule has 0 aliphatic rings. The van der Waals surface area contributed by atoms with E-state index >= 15 is 0 Å². The van der Waals surface area contributed by atoms with Crippen molar-refractivity contribution in [3.63, 3.8) is 0 Å². The Morgan fingerprint density at radius 3 is 2.58 bits per heavy atom. The Labute approximate surface area is 119 Å². The summed E-state index contributed by atoms with van der Waals surface area (Å²) in [6, 6.07) is 13.1. The van der Waals surface area contributed by atoms with E-state index < -0.39 is 0 Å². The Kier molecular flexibility index (Phi) is 5.11. The van der Waals surface area contributed by atoms with Gasteiger partial charge in [0.15, 0.2) is 0 Å². The molecule has 0 saturated heterocycles. The van der Waals surface area contributed by atoms with Gasteiger partial charge in [-0.1, -0.05) is 32.0 Å². The van der Waals surface area contributed by atoms with E-state index in [9.17, 15) is 0 Å². The lowest BCUT2D eigenvalue weighted by atomic mass is 10.2. The molecule has 2 aromatic rings. The summed E-state index contributed by atoms with van der Waals surface area (Å²) in [6.07, 6.45) is 0. The van der Waals surface area contributed by atoms with Crippen molar-refractivity contribution < 1.29 is 4.42 Å². The lowest BCUT2D eigenvalue weighted by Gasteiger charge is -2.05. The summed E-state index contributed by atoms with van der Waals surface area (Å²) >= 11 is 1.82. The third kappa shape index (κ3) is 4.44. The number of rotatable bonds is 6. The van der Waals surface area contributed by atoms with Crippen molar-refractivity contribution in [1.82, 2.24) is 5.32 Å². The first-order valence-electron chi connectivity index (χ1n) is 6.64. The number of benzene rings is 1. The zero-order valence-corrected chi connectivity index (χ0v) is 12.6. The summed E-state index contributed by atoms with van der Waals surface area (Å²) in [5.41, 5.74) is 1.32. The van der Waals surface area contributed by atoms with Crippen molar-refractivity contribution >= 4 is 11.8 Å². The predicted octanol–water partition coefficient (Wildman–Crippen LogP) is 4.38. The zero-order valence-electron chi connectivity index (χ0n) is 11.8. The van der Waals surface area contributed by atoms with E-state index in [1.54, 1.807) is 0 Å². The molecule has 0 saturated carbocycles. The van der Waals surface area contributed by atoms with E-state index in [4.69, 9.17) is 4.42 Å². The Hall–Kier alpha value is -1.19. The van der Waals surface area contributed by atoms with Gasteiger partial charge in [-0.05, 0) is 30.7 Å². The molecule has 0 amide bonds. The molecule has 0 aliphatic heterocycles. The highest BCUT2D eigenvalue weighted by molar-refractivity contribution is 7.98. The fourth-order valence-corrected chi connectivity index (χ4v) is 2.69. The van der Waals surface area contributed by atoms with Crippen LogP contribution < -0.4 is 5.32 Å². The minimum Gasteiger partial charge on any atom is -0.464 e. The first-order chi connectivity index (χ1) is 9.15. The Balaban J connectivity index is 1.88. The summed E-state index contributed by atoms with van der Waals surface area (Å²) in [4.78, 5) is 1.32. The number of aryl methyl sites for hydroxylation is 1. The second kappa shape index (κ2) is 6.83. The van der Waals surface area contributed by atoms with Gasteiger partial charge in [-0.3, -0.25) is 0 Å². The summed E-state index contributed by atoms with van der Waals surface area (Å²) in [5.74, 6) is 2.93. The zero-order chi connectivity index (χ0) is 13.7. The maximum atomic E-state index is 5.81. The smallest absolute Gasteiger partial charge is 0.118 e. The van der Waals surface area contributed by atoms with Crippen molar-refractivity contribution in [1.29, 1.82) is 0 Å². The molecule has 2 rings (SSSR count). The van der Waals surface area contributed by atoms with Gasteiger partial charge >= 0.3 is 0 Å². The average Bonchev–Trinajstić information content (AvgIpc) is 2.83. The lowest BCUT2D eigenvalue weighted by Crippen LogP contribution is -2.21. The molecule has 2 nitrogen and oxygen atoms in total. The molecule has 19 heavy (non-hydrogen) atoms. The molecule has 3 heteroatoms. The number of hydrogen-bond donors (Lipinski definition) is 1. The molecule has 1 aromatic heterocycles. The van der Waals surface area contributed by atoms with Crippen LogP contribution in [0.15, 0.2) is 45.7 Å². The number of nitrogens with one attached hydrogen (secondary N) is 1. The molecule has 1 heterocycles. The van der Waals surface area contributed by atoms with Gasteiger partial charge < -0.3 is 9.73 Å². The molecule has 102 valence electrons. The molecule has 0 radical (unpaired) electrons. The van der Waals surface area contributed by atoms with E-state index in [0.29, 0.717) is 6.04 Å². The summed E-state index contributed by atoms with van der Waals surface area (Å²) < 4.78 is 5.81. The minimum atomic E-state index is 0.481. The van der Waals surface area contributed by atoms with Crippen LogP contribution in [0.3, 0.4) is 0 Å². The van der Waals surface area contributed by atoms with Gasteiger partial charge in [0.05, 0.1) is 12.3 Å². The highest BCUT2D eigenvalue weighted by Crippen LogP contribution is 2.26. The molecule has 0 bridgehead atoms. The first-order valence-corrected chi connectivity index (χ1v) is 7.63. The van der Waals surface area contributed by atoms with Crippen molar-refractivity contribution in [2.24, 2.45) is 0 Å². The lowest BCUT2D eigenvalue weighted by molar-refractivity contribution is 0.445. The van der Waals surface area contributed by atoms with Crippen LogP contribution in [0.4, 0.5) is 0 Å². The summed E-state index contributed by atoms with van der Waals surface area (Å²) in [6.45, 7) is 7.21. The van der Waals surface area contributed by atoms with E-state index in [0.717, 1.165) is 23.8 Å². The molecule has 0 fully saturated rings. The van der Waals surface area contributed by atoms with Gasteiger partial charge in [0.25, 0.3) is 0 Å². The van der Waals surface area contributed by atoms with Crippen LogP contribution in [0.25, 0.3) is 0 Å². The Bertz CT molecular complexity index is 519. The molecule has 0 unspecified atom stereocenters. The van der Waals surface area contributed by atoms with Crippen molar-refractivity contribution in [2.45, 2.75) is 44.0 Å². The number of furan rings is 1. The quantitative estimate of drug-likeness (QED) is 0.792. The van der Waals surface area contributed by atoms with Crippen molar-refractivity contribution in [3.05, 3.63) is 53.5 Å².